The number of hydrogen-bond donors (Lipinski definition) is 1. The van der Waals surface area contributed by atoms with Gasteiger partial charge in [-0.1, -0.05) is 0 Å². The van der Waals surface area contributed by atoms with Crippen molar-refractivity contribution in [2.24, 2.45) is 0 Å². The van der Waals surface area contributed by atoms with Crippen molar-refractivity contribution in [2.45, 2.75) is 45.9 Å². The van der Waals surface area contributed by atoms with Crippen molar-refractivity contribution in [3.63, 3.8) is 0 Å². The fraction of sp³-hybridized carbons (Fsp3) is 0.321. The predicted molar refractivity (Wildman–Crippen MR) is 138 cm³/mol. The summed E-state index contributed by atoms with van der Waals surface area (Å²) >= 11 is 0. The fourth-order valence-electron chi connectivity index (χ4n) is 4.82. The average molecular weight is 562 g/mol. The summed E-state index contributed by atoms with van der Waals surface area (Å²) in [6, 6.07) is 5.18. The topological polar surface area (TPSA) is 89.9 Å². The molecule has 0 aliphatic carbocycles. The lowest BCUT2D eigenvalue weighted by Gasteiger charge is -2.21. The molecule has 212 valence electrons. The number of methoxy groups -OCH3 is 1. The first-order valence-corrected chi connectivity index (χ1v) is 12.4. The van der Waals surface area contributed by atoms with E-state index in [-0.39, 0.29) is 29.3 Å². The van der Waals surface area contributed by atoms with Gasteiger partial charge in [-0.05, 0) is 56.2 Å². The van der Waals surface area contributed by atoms with Crippen LogP contribution in [0.5, 0.6) is 11.5 Å². The molecule has 0 radical (unpaired) electrons. The van der Waals surface area contributed by atoms with Gasteiger partial charge in [0.15, 0.2) is 0 Å². The van der Waals surface area contributed by atoms with E-state index in [4.69, 9.17) is 4.74 Å². The average Bonchev–Trinajstić information content (AvgIpc) is 3.20. The number of carbonyl (C=O) groups excluding carboxylic acids is 2. The lowest BCUT2D eigenvalue weighted by atomic mass is 9.92. The van der Waals surface area contributed by atoms with Crippen LogP contribution in [0.1, 0.15) is 39.9 Å². The van der Waals surface area contributed by atoms with E-state index < -0.39 is 53.1 Å². The Bertz CT molecular complexity index is 1480. The number of benzene rings is 2. The van der Waals surface area contributed by atoms with Crippen LogP contribution < -0.4 is 25.2 Å². The molecule has 1 saturated heterocycles. The van der Waals surface area contributed by atoms with E-state index in [0.29, 0.717) is 12.1 Å². The van der Waals surface area contributed by atoms with Gasteiger partial charge in [0, 0.05) is 48.5 Å². The molecule has 0 saturated carbocycles. The molecule has 4 rings (SSSR count). The maximum atomic E-state index is 15.2. The molecule has 2 heterocycles. The third-order valence-electron chi connectivity index (χ3n) is 6.97. The molecular formula is C28H27F4N3O5. The third kappa shape index (κ3) is 5.38. The van der Waals surface area contributed by atoms with Crippen LogP contribution in [0.4, 0.5) is 23.2 Å². The number of nitrogens with one attached hydrogen (secondary N) is 1. The Labute approximate surface area is 227 Å². The van der Waals surface area contributed by atoms with Crippen LogP contribution in [0.25, 0.3) is 0 Å². The molecule has 0 spiro atoms. The molecule has 1 aliphatic rings. The van der Waals surface area contributed by atoms with Crippen LogP contribution >= 0.6 is 0 Å². The van der Waals surface area contributed by atoms with Crippen LogP contribution in [0.3, 0.4) is 0 Å². The maximum Gasteiger partial charge on any atom is 0.387 e. The predicted octanol–water partition coefficient (Wildman–Crippen LogP) is 4.30. The van der Waals surface area contributed by atoms with Crippen molar-refractivity contribution in [3.8, 4) is 11.5 Å². The number of alkyl halides is 2. The smallest absolute Gasteiger partial charge is 0.387 e. The zero-order chi connectivity index (χ0) is 29.3. The van der Waals surface area contributed by atoms with Crippen molar-refractivity contribution in [1.82, 2.24) is 9.88 Å². The number of amides is 2. The molecule has 2 amide bonds. The zero-order valence-electron chi connectivity index (χ0n) is 22.1. The Morgan fingerprint density at radius 3 is 2.25 bits per heavy atom. The highest BCUT2D eigenvalue weighted by atomic mass is 19.3. The Hall–Kier alpha value is -4.35. The van der Waals surface area contributed by atoms with Gasteiger partial charge < -0.3 is 24.3 Å². The van der Waals surface area contributed by atoms with Crippen molar-refractivity contribution in [2.75, 3.05) is 18.6 Å². The monoisotopic (exact) mass is 561 g/mol. The van der Waals surface area contributed by atoms with Gasteiger partial charge in [0.25, 0.3) is 11.5 Å². The van der Waals surface area contributed by atoms with Crippen molar-refractivity contribution in [3.05, 3.63) is 86.8 Å². The summed E-state index contributed by atoms with van der Waals surface area (Å²) in [5.41, 5.74) is 0.359. The first kappa shape index (κ1) is 28.7. The summed E-state index contributed by atoms with van der Waals surface area (Å²) < 4.78 is 66.0. The van der Waals surface area contributed by atoms with E-state index in [1.54, 1.807) is 27.0 Å². The first-order valence-electron chi connectivity index (χ1n) is 12.4. The zero-order valence-corrected chi connectivity index (χ0v) is 22.1. The summed E-state index contributed by atoms with van der Waals surface area (Å²) in [6.07, 6.45) is 1.66. The number of pyridine rings is 1. The molecule has 1 fully saturated rings. The highest BCUT2D eigenvalue weighted by Crippen LogP contribution is 2.37. The number of anilines is 1. The number of aryl methyl sites for hydroxylation is 2. The van der Waals surface area contributed by atoms with Crippen LogP contribution in [0, 0.1) is 25.5 Å². The number of ether oxygens (including phenoxy) is 2. The summed E-state index contributed by atoms with van der Waals surface area (Å²) in [5, 5.41) is 2.53. The van der Waals surface area contributed by atoms with Crippen LogP contribution in [0.2, 0.25) is 0 Å². The largest absolute Gasteiger partial charge is 0.497 e. The highest BCUT2D eigenvalue weighted by molar-refractivity contribution is 6.05. The SMILES string of the molecule is CCn1cc(C)c(C)c(N2C[C@@H](c3c(F)cc(OC)cc3F)[C@H](NC(=O)c3ccc(OC(F)F)cc3)C2=O)c1=O. The number of halogens is 4. The highest BCUT2D eigenvalue weighted by Gasteiger charge is 2.46. The number of aromatic nitrogens is 1. The van der Waals surface area contributed by atoms with Gasteiger partial charge in [-0.25, -0.2) is 8.78 Å². The van der Waals surface area contributed by atoms with Gasteiger partial charge >= 0.3 is 6.61 Å². The summed E-state index contributed by atoms with van der Waals surface area (Å²) in [6.45, 7) is 2.17. The van der Waals surface area contributed by atoms with Crippen molar-refractivity contribution >= 4 is 17.5 Å². The minimum absolute atomic E-state index is 0.0117. The number of hydrogen-bond acceptors (Lipinski definition) is 5. The minimum Gasteiger partial charge on any atom is -0.497 e. The van der Waals surface area contributed by atoms with E-state index in [1.807, 2.05) is 0 Å². The maximum absolute atomic E-state index is 15.2. The van der Waals surface area contributed by atoms with Crippen LogP contribution in [0.15, 0.2) is 47.4 Å². The third-order valence-corrected chi connectivity index (χ3v) is 6.97. The number of nitrogens with zero attached hydrogens (tertiary/aromatic N) is 2. The number of rotatable bonds is 8. The molecule has 12 heteroatoms. The lowest BCUT2D eigenvalue weighted by Crippen LogP contribution is -2.45. The summed E-state index contributed by atoms with van der Waals surface area (Å²) in [5.74, 6) is -5.00. The Balaban J connectivity index is 1.77. The molecule has 1 aliphatic heterocycles. The molecule has 0 unspecified atom stereocenters. The Kier molecular flexibility index (Phi) is 8.17. The Morgan fingerprint density at radius 2 is 1.70 bits per heavy atom. The van der Waals surface area contributed by atoms with Crippen LogP contribution in [-0.4, -0.2) is 42.7 Å². The molecule has 3 aromatic rings. The van der Waals surface area contributed by atoms with Crippen molar-refractivity contribution in [1.29, 1.82) is 0 Å². The van der Waals surface area contributed by atoms with Gasteiger partial charge in [-0.15, -0.1) is 0 Å². The van der Waals surface area contributed by atoms with E-state index >= 15 is 8.78 Å². The van der Waals surface area contributed by atoms with Crippen molar-refractivity contribution < 1.29 is 36.6 Å². The van der Waals surface area contributed by atoms with Gasteiger partial charge in [-0.2, -0.15) is 8.78 Å². The van der Waals surface area contributed by atoms with Crippen LogP contribution in [-0.2, 0) is 11.3 Å². The molecule has 2 atom stereocenters. The van der Waals surface area contributed by atoms with Gasteiger partial charge in [0.1, 0.15) is 34.9 Å². The number of carbonyl (C=O) groups is 2. The van der Waals surface area contributed by atoms with E-state index in [0.717, 1.165) is 34.7 Å². The molecule has 0 bridgehead atoms. The standard InChI is InChI=1S/C28H27F4N3O5/c1-5-34-12-14(2)15(3)24(27(34)38)35-13-19(22-20(29)10-18(39-4)11-21(22)30)23(26(35)37)33-25(36)16-6-8-17(9-7-16)40-28(31)32/h6-12,19,23,28H,5,13H2,1-4H3,(H,33,36)/t19-,23-/m0/s1. The molecule has 40 heavy (non-hydrogen) atoms. The molecular weight excluding hydrogens is 534 g/mol. The summed E-state index contributed by atoms with van der Waals surface area (Å²) in [7, 11) is 1.24. The van der Waals surface area contributed by atoms with Gasteiger partial charge in [-0.3, -0.25) is 14.4 Å². The first-order chi connectivity index (χ1) is 19.0. The quantitative estimate of drug-likeness (QED) is 0.415. The Morgan fingerprint density at radius 1 is 1.07 bits per heavy atom. The van der Waals surface area contributed by atoms with Gasteiger partial charge in [0.2, 0.25) is 5.91 Å². The molecule has 1 aromatic heterocycles. The minimum atomic E-state index is -3.06. The summed E-state index contributed by atoms with van der Waals surface area (Å²) in [4.78, 5) is 41.3. The van der Waals surface area contributed by atoms with E-state index in [9.17, 15) is 23.2 Å². The fourth-order valence-corrected chi connectivity index (χ4v) is 4.82. The lowest BCUT2D eigenvalue weighted by molar-refractivity contribution is -0.118. The second kappa shape index (κ2) is 11.4. The second-order valence-electron chi connectivity index (χ2n) is 9.29. The second-order valence-corrected chi connectivity index (χ2v) is 9.29. The molecule has 2 aromatic carbocycles. The normalized spacial score (nSPS) is 16.9. The van der Waals surface area contributed by atoms with E-state index in [2.05, 4.69) is 10.1 Å². The molecule has 1 N–H and O–H groups in total. The molecule has 8 nitrogen and oxygen atoms in total. The van der Waals surface area contributed by atoms with Gasteiger partial charge in [0.05, 0.1) is 7.11 Å². The van der Waals surface area contributed by atoms with E-state index in [1.165, 1.54) is 23.8 Å².